The molecule has 100 valence electrons. The third-order valence-electron chi connectivity index (χ3n) is 5.27. The minimum atomic E-state index is 0.791. The van der Waals surface area contributed by atoms with Gasteiger partial charge in [-0.1, -0.05) is 20.3 Å². The van der Waals surface area contributed by atoms with Crippen LogP contribution in [0.25, 0.3) is 0 Å². The molecule has 0 aromatic carbocycles. The Morgan fingerprint density at radius 3 is 2.59 bits per heavy atom. The maximum absolute atomic E-state index is 3.80. The minimum Gasteiger partial charge on any atom is -0.314 e. The van der Waals surface area contributed by atoms with Gasteiger partial charge in [-0.05, 0) is 64.1 Å². The monoisotopic (exact) mass is 238 g/mol. The van der Waals surface area contributed by atoms with Crippen molar-refractivity contribution < 1.29 is 0 Å². The zero-order valence-electron chi connectivity index (χ0n) is 11.9. The highest BCUT2D eigenvalue weighted by molar-refractivity contribution is 4.85. The zero-order valence-corrected chi connectivity index (χ0v) is 11.9. The van der Waals surface area contributed by atoms with Gasteiger partial charge in [-0.15, -0.1) is 0 Å². The zero-order chi connectivity index (χ0) is 12.3. The Morgan fingerprint density at radius 2 is 1.94 bits per heavy atom. The van der Waals surface area contributed by atoms with E-state index in [1.807, 2.05) is 0 Å². The average molecular weight is 238 g/mol. The summed E-state index contributed by atoms with van der Waals surface area (Å²) in [5.74, 6) is 1.80. The molecule has 1 aliphatic heterocycles. The Kier molecular flexibility index (Phi) is 4.87. The van der Waals surface area contributed by atoms with Gasteiger partial charge in [-0.25, -0.2) is 0 Å². The largest absolute Gasteiger partial charge is 0.314 e. The Balaban J connectivity index is 1.65. The summed E-state index contributed by atoms with van der Waals surface area (Å²) in [6.45, 7) is 7.35. The van der Waals surface area contributed by atoms with Crippen molar-refractivity contribution in [2.24, 2.45) is 11.8 Å². The summed E-state index contributed by atoms with van der Waals surface area (Å²) in [5, 5.41) is 3.80. The van der Waals surface area contributed by atoms with E-state index >= 15 is 0 Å². The topological polar surface area (TPSA) is 15.3 Å². The summed E-state index contributed by atoms with van der Waals surface area (Å²) in [7, 11) is 2.30. The molecule has 2 rings (SSSR count). The number of likely N-dealkylation sites (tertiary alicyclic amines) is 1. The Morgan fingerprint density at radius 1 is 1.12 bits per heavy atom. The summed E-state index contributed by atoms with van der Waals surface area (Å²) in [6, 6.07) is 1.63. The molecule has 2 nitrogen and oxygen atoms in total. The molecule has 0 spiro atoms. The van der Waals surface area contributed by atoms with Crippen molar-refractivity contribution in [2.45, 2.75) is 64.5 Å². The van der Waals surface area contributed by atoms with Gasteiger partial charge in [0, 0.05) is 12.1 Å². The van der Waals surface area contributed by atoms with E-state index in [2.05, 4.69) is 31.1 Å². The third-order valence-corrected chi connectivity index (χ3v) is 5.27. The van der Waals surface area contributed by atoms with Crippen molar-refractivity contribution in [2.75, 3.05) is 20.1 Å². The maximum Gasteiger partial charge on any atom is 0.0104 e. The van der Waals surface area contributed by atoms with Crippen LogP contribution in [0.3, 0.4) is 0 Å². The molecule has 0 aromatic heterocycles. The molecule has 2 aliphatic rings. The van der Waals surface area contributed by atoms with Crippen LogP contribution in [0.1, 0.15) is 52.4 Å². The molecule has 1 heterocycles. The molecule has 1 saturated carbocycles. The van der Waals surface area contributed by atoms with Gasteiger partial charge in [0.25, 0.3) is 0 Å². The first-order valence-corrected chi connectivity index (χ1v) is 7.62. The second kappa shape index (κ2) is 6.19. The molecule has 1 aliphatic carbocycles. The van der Waals surface area contributed by atoms with Crippen LogP contribution < -0.4 is 5.32 Å². The quantitative estimate of drug-likeness (QED) is 0.810. The van der Waals surface area contributed by atoms with Crippen molar-refractivity contribution in [3.63, 3.8) is 0 Å². The molecule has 17 heavy (non-hydrogen) atoms. The molecule has 2 fully saturated rings. The molecular weight excluding hydrogens is 208 g/mol. The van der Waals surface area contributed by atoms with Crippen LogP contribution >= 0.6 is 0 Å². The number of nitrogens with one attached hydrogen (secondary N) is 1. The summed E-state index contributed by atoms with van der Waals surface area (Å²) in [5.41, 5.74) is 0. The fourth-order valence-electron chi connectivity index (χ4n) is 3.60. The van der Waals surface area contributed by atoms with E-state index in [-0.39, 0.29) is 0 Å². The van der Waals surface area contributed by atoms with Crippen molar-refractivity contribution in [3.05, 3.63) is 0 Å². The molecule has 0 radical (unpaired) electrons. The van der Waals surface area contributed by atoms with Gasteiger partial charge < -0.3 is 10.2 Å². The van der Waals surface area contributed by atoms with Crippen molar-refractivity contribution in [1.29, 1.82) is 0 Å². The van der Waals surface area contributed by atoms with Crippen LogP contribution in [-0.2, 0) is 0 Å². The van der Waals surface area contributed by atoms with Gasteiger partial charge in [-0.3, -0.25) is 0 Å². The highest BCUT2D eigenvalue weighted by Crippen LogP contribution is 2.31. The summed E-state index contributed by atoms with van der Waals surface area (Å²) in [6.07, 6.45) is 8.40. The Hall–Kier alpha value is -0.0800. The average Bonchev–Trinajstić information content (AvgIpc) is 2.63. The van der Waals surface area contributed by atoms with Crippen LogP contribution in [0.5, 0.6) is 0 Å². The number of rotatable bonds is 4. The lowest BCUT2D eigenvalue weighted by molar-refractivity contribution is 0.173. The number of piperidine rings is 1. The lowest BCUT2D eigenvalue weighted by atomic mass is 9.97. The van der Waals surface area contributed by atoms with E-state index in [0.717, 1.165) is 23.9 Å². The van der Waals surface area contributed by atoms with Crippen LogP contribution in [0.2, 0.25) is 0 Å². The molecule has 0 amide bonds. The van der Waals surface area contributed by atoms with Crippen LogP contribution in [0.15, 0.2) is 0 Å². The number of hydrogen-bond acceptors (Lipinski definition) is 2. The number of nitrogens with zero attached hydrogens (tertiary/aromatic N) is 1. The molecule has 0 aromatic rings. The molecule has 0 bridgehead atoms. The highest BCUT2D eigenvalue weighted by Gasteiger charge is 2.29. The minimum absolute atomic E-state index is 0.791. The van der Waals surface area contributed by atoms with E-state index in [0.29, 0.717) is 0 Å². The van der Waals surface area contributed by atoms with E-state index < -0.39 is 0 Å². The van der Waals surface area contributed by atoms with E-state index in [1.165, 1.54) is 51.6 Å². The molecule has 2 heteroatoms. The smallest absolute Gasteiger partial charge is 0.0104 e. The lowest BCUT2D eigenvalue weighted by Crippen LogP contribution is -2.40. The second-order valence-corrected chi connectivity index (χ2v) is 6.39. The SMILES string of the molecule is CC1CCC(NCCC2CCCCN2C)C1C. The molecule has 1 saturated heterocycles. The summed E-state index contributed by atoms with van der Waals surface area (Å²) < 4.78 is 0. The summed E-state index contributed by atoms with van der Waals surface area (Å²) >= 11 is 0. The predicted molar refractivity (Wildman–Crippen MR) is 74.2 cm³/mol. The standard InChI is InChI=1S/C15H30N2/c1-12-7-8-15(13(12)2)16-10-9-14-6-4-5-11-17(14)3/h12-16H,4-11H2,1-3H3. The van der Waals surface area contributed by atoms with Crippen LogP contribution in [0.4, 0.5) is 0 Å². The third kappa shape index (κ3) is 3.45. The van der Waals surface area contributed by atoms with Gasteiger partial charge in [0.15, 0.2) is 0 Å². The van der Waals surface area contributed by atoms with Gasteiger partial charge in [-0.2, -0.15) is 0 Å². The Labute approximate surface area is 107 Å². The Bertz CT molecular complexity index is 225. The van der Waals surface area contributed by atoms with Crippen LogP contribution in [0, 0.1) is 11.8 Å². The van der Waals surface area contributed by atoms with Crippen molar-refractivity contribution >= 4 is 0 Å². The van der Waals surface area contributed by atoms with Crippen LogP contribution in [-0.4, -0.2) is 37.1 Å². The van der Waals surface area contributed by atoms with Gasteiger partial charge in [0.1, 0.15) is 0 Å². The fraction of sp³-hybridized carbons (Fsp3) is 1.00. The fourth-order valence-corrected chi connectivity index (χ4v) is 3.60. The van der Waals surface area contributed by atoms with Gasteiger partial charge in [0.2, 0.25) is 0 Å². The summed E-state index contributed by atoms with van der Waals surface area (Å²) in [4.78, 5) is 2.56. The normalized spacial score (nSPS) is 39.7. The molecule has 4 atom stereocenters. The van der Waals surface area contributed by atoms with Gasteiger partial charge >= 0.3 is 0 Å². The molecule has 4 unspecified atom stereocenters. The van der Waals surface area contributed by atoms with Gasteiger partial charge in [0.05, 0.1) is 0 Å². The van der Waals surface area contributed by atoms with E-state index in [1.54, 1.807) is 0 Å². The maximum atomic E-state index is 3.80. The first-order valence-electron chi connectivity index (χ1n) is 7.62. The molecule has 1 N–H and O–H groups in total. The molecular formula is C15H30N2. The lowest BCUT2D eigenvalue weighted by Gasteiger charge is -2.33. The van der Waals surface area contributed by atoms with E-state index in [4.69, 9.17) is 0 Å². The first-order chi connectivity index (χ1) is 8.18. The highest BCUT2D eigenvalue weighted by atomic mass is 15.1. The van der Waals surface area contributed by atoms with E-state index in [9.17, 15) is 0 Å². The van der Waals surface area contributed by atoms with Crippen molar-refractivity contribution in [3.8, 4) is 0 Å². The first kappa shape index (κ1) is 13.4. The predicted octanol–water partition coefficient (Wildman–Crippen LogP) is 2.89. The van der Waals surface area contributed by atoms with Crippen molar-refractivity contribution in [1.82, 2.24) is 10.2 Å². The number of hydrogen-bond donors (Lipinski definition) is 1. The second-order valence-electron chi connectivity index (χ2n) is 6.39.